The van der Waals surface area contributed by atoms with Crippen molar-refractivity contribution in [3.8, 4) is 11.5 Å². The molecular weight excluding hydrogens is 686 g/mol. The Labute approximate surface area is 313 Å². The molecule has 5 aromatic carbocycles. The fourth-order valence-electron chi connectivity index (χ4n) is 5.92. The third-order valence-electron chi connectivity index (χ3n) is 8.65. The zero-order valence-corrected chi connectivity index (χ0v) is 29.8. The molecule has 2 unspecified atom stereocenters. The molecule has 0 aromatic heterocycles. The highest BCUT2D eigenvalue weighted by atomic mass is 16.5. The van der Waals surface area contributed by atoms with E-state index in [0.29, 0.717) is 41.8 Å². The van der Waals surface area contributed by atoms with E-state index in [-0.39, 0.29) is 31.2 Å². The van der Waals surface area contributed by atoms with E-state index in [4.69, 9.17) is 9.47 Å². The normalized spacial score (nSPS) is 12.1. The number of phenols is 1. The zero-order chi connectivity index (χ0) is 38.3. The molecule has 0 saturated heterocycles. The molecule has 54 heavy (non-hydrogen) atoms. The number of aromatic hydroxyl groups is 1. The number of hydrogen-bond donors (Lipinski definition) is 6. The zero-order valence-electron chi connectivity index (χ0n) is 29.8. The van der Waals surface area contributed by atoms with E-state index in [1.807, 2.05) is 85.8 Å². The van der Waals surface area contributed by atoms with Crippen LogP contribution in [0.5, 0.6) is 11.5 Å². The number of carbonyl (C=O) groups is 3. The summed E-state index contributed by atoms with van der Waals surface area (Å²) in [7, 11) is 0. The molecule has 6 N–H and O–H groups in total. The molecule has 11 heteroatoms. The van der Waals surface area contributed by atoms with Crippen LogP contribution in [0.25, 0.3) is 6.08 Å². The fourth-order valence-corrected chi connectivity index (χ4v) is 5.92. The standard InChI is InChI=1S/C43H43N3O8/c1-2-7-37-36(20-21-38(48)41(37)45-28-47)39(49)26-44-25-30-14-12-29(13-15-30)22-23-53-42(50)33-18-16-31(17-19-33)27-54-35-11-6-10-34(24-35)40(46-43(51)52)32-8-4-3-5-9-32/h2-21,24,28,39-40,44,46,48-49H,22-23,25-27H2,1H3,(H,45,47)(H,51,52)/b7-2-. The Bertz CT molecular complexity index is 2030. The smallest absolute Gasteiger partial charge is 0.405 e. The highest BCUT2D eigenvalue weighted by Gasteiger charge is 2.18. The summed E-state index contributed by atoms with van der Waals surface area (Å²) in [6.45, 7) is 3.04. The minimum atomic E-state index is -1.12. The second kappa shape index (κ2) is 19.4. The molecule has 2 atom stereocenters. The Morgan fingerprint density at radius 2 is 1.54 bits per heavy atom. The predicted molar refractivity (Wildman–Crippen MR) is 206 cm³/mol. The lowest BCUT2D eigenvalue weighted by atomic mass is 9.98. The van der Waals surface area contributed by atoms with Crippen LogP contribution in [0.1, 0.15) is 68.4 Å². The Balaban J connectivity index is 1.05. The van der Waals surface area contributed by atoms with E-state index < -0.39 is 24.2 Å². The number of amides is 2. The molecule has 0 aliphatic rings. The number of phenolic OH excluding ortho intramolecular Hbond substituents is 1. The van der Waals surface area contributed by atoms with Gasteiger partial charge in [0, 0.05) is 25.1 Å². The van der Waals surface area contributed by atoms with Crippen LogP contribution in [0.3, 0.4) is 0 Å². The van der Waals surface area contributed by atoms with Gasteiger partial charge in [0.2, 0.25) is 6.41 Å². The number of esters is 1. The third-order valence-corrected chi connectivity index (χ3v) is 8.65. The third kappa shape index (κ3) is 10.8. The van der Waals surface area contributed by atoms with Gasteiger partial charge in [0.25, 0.3) is 0 Å². The maximum Gasteiger partial charge on any atom is 0.405 e. The molecule has 0 heterocycles. The number of ether oxygens (including phenoxy) is 2. The van der Waals surface area contributed by atoms with Crippen LogP contribution in [-0.4, -0.2) is 46.9 Å². The largest absolute Gasteiger partial charge is 0.506 e. The summed E-state index contributed by atoms with van der Waals surface area (Å²) in [6, 6.07) is 34.0. The number of nitrogens with one attached hydrogen (secondary N) is 3. The molecule has 5 aromatic rings. The first-order valence-corrected chi connectivity index (χ1v) is 17.4. The minimum Gasteiger partial charge on any atom is -0.506 e. The van der Waals surface area contributed by atoms with Gasteiger partial charge in [-0.3, -0.25) is 4.79 Å². The summed E-state index contributed by atoms with van der Waals surface area (Å²) in [6.07, 6.45) is 2.52. The number of carbonyl (C=O) groups excluding carboxylic acids is 2. The molecule has 11 nitrogen and oxygen atoms in total. The van der Waals surface area contributed by atoms with Gasteiger partial charge < -0.3 is 40.7 Å². The van der Waals surface area contributed by atoms with Gasteiger partial charge in [0.05, 0.1) is 30.0 Å². The van der Waals surface area contributed by atoms with E-state index in [1.165, 1.54) is 6.07 Å². The number of aliphatic hydroxyl groups excluding tert-OH is 1. The van der Waals surface area contributed by atoms with E-state index in [1.54, 1.807) is 42.5 Å². The van der Waals surface area contributed by atoms with Crippen molar-refractivity contribution in [2.75, 3.05) is 18.5 Å². The van der Waals surface area contributed by atoms with Gasteiger partial charge in [-0.1, -0.05) is 97.1 Å². The second-order valence-corrected chi connectivity index (χ2v) is 12.4. The average Bonchev–Trinajstić information content (AvgIpc) is 3.18. The molecule has 0 aliphatic heterocycles. The van der Waals surface area contributed by atoms with Crippen molar-refractivity contribution in [2.24, 2.45) is 0 Å². The van der Waals surface area contributed by atoms with Crippen molar-refractivity contribution >= 4 is 30.2 Å². The van der Waals surface area contributed by atoms with Crippen molar-refractivity contribution in [1.82, 2.24) is 10.6 Å². The van der Waals surface area contributed by atoms with Crippen LogP contribution in [0.2, 0.25) is 0 Å². The maximum absolute atomic E-state index is 12.7. The highest BCUT2D eigenvalue weighted by molar-refractivity contribution is 5.89. The molecule has 5 rings (SSSR count). The van der Waals surface area contributed by atoms with E-state index in [0.717, 1.165) is 27.8 Å². The second-order valence-electron chi connectivity index (χ2n) is 12.4. The summed E-state index contributed by atoms with van der Waals surface area (Å²) in [5.74, 6) is 0.0760. The molecule has 0 spiro atoms. The van der Waals surface area contributed by atoms with Crippen molar-refractivity contribution < 1.29 is 39.2 Å². The first-order valence-electron chi connectivity index (χ1n) is 17.4. The molecule has 0 fully saturated rings. The number of rotatable bonds is 18. The molecule has 0 bridgehead atoms. The van der Waals surface area contributed by atoms with Crippen molar-refractivity contribution in [3.05, 3.63) is 166 Å². The Morgan fingerprint density at radius 3 is 2.24 bits per heavy atom. The van der Waals surface area contributed by atoms with Gasteiger partial charge in [-0.2, -0.15) is 0 Å². The van der Waals surface area contributed by atoms with Gasteiger partial charge in [0.1, 0.15) is 18.1 Å². The predicted octanol–water partition coefficient (Wildman–Crippen LogP) is 7.15. The van der Waals surface area contributed by atoms with Gasteiger partial charge in [-0.05, 0) is 70.6 Å². The SMILES string of the molecule is C/C=C\c1c(C(O)CNCc2ccc(CCOC(=O)c3ccc(COc4cccc(C(NC(=O)O)c5ccccc5)c4)cc3)cc2)ccc(O)c1NC=O. The summed E-state index contributed by atoms with van der Waals surface area (Å²) in [5.41, 5.74) is 6.21. The fraction of sp³-hybridized carbons (Fsp3) is 0.186. The molecule has 0 radical (unpaired) electrons. The van der Waals surface area contributed by atoms with Crippen LogP contribution >= 0.6 is 0 Å². The molecule has 278 valence electrons. The summed E-state index contributed by atoms with van der Waals surface area (Å²) in [5, 5.41) is 38.7. The number of anilines is 1. The maximum atomic E-state index is 12.7. The van der Waals surface area contributed by atoms with E-state index >= 15 is 0 Å². The molecule has 2 amide bonds. The van der Waals surface area contributed by atoms with E-state index in [2.05, 4.69) is 16.0 Å². The number of aliphatic hydroxyl groups is 1. The van der Waals surface area contributed by atoms with Crippen LogP contribution in [0.4, 0.5) is 10.5 Å². The quantitative estimate of drug-likeness (QED) is 0.0312. The Kier molecular flexibility index (Phi) is 14.0. The highest BCUT2D eigenvalue weighted by Crippen LogP contribution is 2.34. The topological polar surface area (TPSA) is 166 Å². The lowest BCUT2D eigenvalue weighted by Gasteiger charge is -2.19. The van der Waals surface area contributed by atoms with Crippen molar-refractivity contribution in [1.29, 1.82) is 0 Å². The summed E-state index contributed by atoms with van der Waals surface area (Å²) in [4.78, 5) is 35.2. The van der Waals surface area contributed by atoms with Gasteiger partial charge in [-0.15, -0.1) is 0 Å². The molecular formula is C43H43N3O8. The van der Waals surface area contributed by atoms with Gasteiger partial charge in [0.15, 0.2) is 0 Å². The lowest BCUT2D eigenvalue weighted by molar-refractivity contribution is -0.105. The number of benzene rings is 5. The average molecular weight is 730 g/mol. The summed E-state index contributed by atoms with van der Waals surface area (Å²) >= 11 is 0. The van der Waals surface area contributed by atoms with Crippen LogP contribution in [-0.2, 0) is 29.1 Å². The number of allylic oxidation sites excluding steroid dienone is 1. The molecule has 0 aliphatic carbocycles. The van der Waals surface area contributed by atoms with Crippen LogP contribution in [0.15, 0.2) is 121 Å². The van der Waals surface area contributed by atoms with Gasteiger partial charge in [-0.25, -0.2) is 9.59 Å². The minimum absolute atomic E-state index is 0.0846. The number of hydrogen-bond acceptors (Lipinski definition) is 8. The van der Waals surface area contributed by atoms with Gasteiger partial charge >= 0.3 is 12.1 Å². The Hall–Kier alpha value is -6.43. The van der Waals surface area contributed by atoms with Crippen molar-refractivity contribution in [2.45, 2.75) is 38.6 Å². The van der Waals surface area contributed by atoms with Crippen molar-refractivity contribution in [3.63, 3.8) is 0 Å². The monoisotopic (exact) mass is 729 g/mol. The molecule has 0 saturated carbocycles. The first kappa shape index (κ1) is 38.8. The van der Waals surface area contributed by atoms with E-state index in [9.17, 15) is 29.7 Å². The summed E-state index contributed by atoms with van der Waals surface area (Å²) < 4.78 is 11.5. The first-order chi connectivity index (χ1) is 26.2. The Morgan fingerprint density at radius 1 is 0.833 bits per heavy atom. The van der Waals surface area contributed by atoms with Crippen LogP contribution < -0.4 is 20.7 Å². The lowest BCUT2D eigenvalue weighted by Crippen LogP contribution is -2.27. The number of carboxylic acid groups (broad SMARTS) is 1. The van der Waals surface area contributed by atoms with Crippen LogP contribution in [0, 0.1) is 0 Å².